The highest BCUT2D eigenvalue weighted by Crippen LogP contribution is 2.30. The number of nitrogens with one attached hydrogen (secondary N) is 1. The molecule has 1 aromatic carbocycles. The van der Waals surface area contributed by atoms with Gasteiger partial charge in [0.1, 0.15) is 5.82 Å². The zero-order valence-corrected chi connectivity index (χ0v) is 19.0. The molecule has 2 amide bonds. The van der Waals surface area contributed by atoms with Crippen LogP contribution in [0, 0.1) is 5.82 Å². The van der Waals surface area contributed by atoms with E-state index < -0.39 is 11.8 Å². The Morgan fingerprint density at radius 2 is 1.75 bits per heavy atom. The third kappa shape index (κ3) is 5.11. The van der Waals surface area contributed by atoms with Crippen LogP contribution in [0.25, 0.3) is 0 Å². The van der Waals surface area contributed by atoms with Crippen molar-refractivity contribution in [1.82, 2.24) is 15.1 Å². The number of amides is 2. The van der Waals surface area contributed by atoms with Crippen LogP contribution < -0.4 is 10.2 Å². The van der Waals surface area contributed by atoms with Gasteiger partial charge in [-0.15, -0.1) is 11.3 Å². The van der Waals surface area contributed by atoms with Gasteiger partial charge in [0.2, 0.25) is 0 Å². The third-order valence-corrected chi connectivity index (χ3v) is 7.00. The third-order valence-electron chi connectivity index (χ3n) is 6.06. The Morgan fingerprint density at radius 3 is 2.41 bits per heavy atom. The average Bonchev–Trinajstić information content (AvgIpc) is 3.34. The molecule has 7 nitrogen and oxygen atoms in total. The van der Waals surface area contributed by atoms with Crippen LogP contribution in [-0.4, -0.2) is 80.1 Å². The van der Waals surface area contributed by atoms with E-state index in [4.69, 9.17) is 4.74 Å². The lowest BCUT2D eigenvalue weighted by molar-refractivity contribution is -0.149. The highest BCUT2D eigenvalue weighted by atomic mass is 32.1. The summed E-state index contributed by atoms with van der Waals surface area (Å²) in [5, 5.41) is 4.95. The van der Waals surface area contributed by atoms with E-state index in [9.17, 15) is 14.0 Å². The predicted molar refractivity (Wildman–Crippen MR) is 122 cm³/mol. The molecule has 2 aliphatic heterocycles. The number of nitrogens with zero attached hydrogens (tertiary/aromatic N) is 3. The number of rotatable bonds is 5. The Labute approximate surface area is 191 Å². The summed E-state index contributed by atoms with van der Waals surface area (Å²) in [6.45, 7) is 6.57. The molecule has 1 aromatic heterocycles. The van der Waals surface area contributed by atoms with Gasteiger partial charge in [0.25, 0.3) is 0 Å². The summed E-state index contributed by atoms with van der Waals surface area (Å²) in [5.74, 6) is -1.29. The van der Waals surface area contributed by atoms with Crippen LogP contribution in [0.1, 0.15) is 17.8 Å². The van der Waals surface area contributed by atoms with Crippen molar-refractivity contribution >= 4 is 28.8 Å². The zero-order valence-electron chi connectivity index (χ0n) is 18.2. The summed E-state index contributed by atoms with van der Waals surface area (Å²) in [7, 11) is 0. The molecular formula is C23H29FN4O3S. The molecule has 0 saturated carbocycles. The fourth-order valence-corrected chi connectivity index (χ4v) is 5.37. The smallest absolute Gasteiger partial charge is 0.312 e. The van der Waals surface area contributed by atoms with E-state index in [1.165, 1.54) is 6.07 Å². The van der Waals surface area contributed by atoms with Crippen LogP contribution in [-0.2, 0) is 14.3 Å². The molecule has 2 aliphatic rings. The second-order valence-corrected chi connectivity index (χ2v) is 9.08. The Hall–Kier alpha value is -2.49. The van der Waals surface area contributed by atoms with Gasteiger partial charge in [-0.2, -0.15) is 0 Å². The molecule has 3 heterocycles. The van der Waals surface area contributed by atoms with Crippen LogP contribution >= 0.6 is 11.3 Å². The average molecular weight is 461 g/mol. The molecule has 0 radical (unpaired) electrons. The molecule has 4 rings (SSSR count). The number of ether oxygens (including phenoxy) is 1. The summed E-state index contributed by atoms with van der Waals surface area (Å²) in [4.78, 5) is 32.3. The number of piperazine rings is 1. The first-order valence-corrected chi connectivity index (χ1v) is 11.9. The predicted octanol–water partition coefficient (Wildman–Crippen LogP) is 2.11. The summed E-state index contributed by atoms with van der Waals surface area (Å²) in [6.07, 6.45) is 0. The lowest BCUT2D eigenvalue weighted by Gasteiger charge is -2.42. The number of carbonyl (C=O) groups is 2. The second kappa shape index (κ2) is 10.4. The van der Waals surface area contributed by atoms with Crippen molar-refractivity contribution in [3.8, 4) is 0 Å². The van der Waals surface area contributed by atoms with Gasteiger partial charge in [-0.3, -0.25) is 14.5 Å². The molecule has 2 fully saturated rings. The first-order chi connectivity index (χ1) is 15.5. The lowest BCUT2D eigenvalue weighted by atomic mass is 10.0. The first-order valence-electron chi connectivity index (χ1n) is 11.0. The Kier molecular flexibility index (Phi) is 7.39. The number of halogens is 1. The number of hydrogen-bond donors (Lipinski definition) is 1. The van der Waals surface area contributed by atoms with Crippen LogP contribution in [0.15, 0.2) is 41.8 Å². The van der Waals surface area contributed by atoms with Gasteiger partial charge in [-0.1, -0.05) is 18.2 Å². The number of hydrogen-bond acceptors (Lipinski definition) is 6. The van der Waals surface area contributed by atoms with Crippen molar-refractivity contribution in [3.63, 3.8) is 0 Å². The van der Waals surface area contributed by atoms with Gasteiger partial charge in [0, 0.05) is 50.2 Å². The fraction of sp³-hybridized carbons (Fsp3) is 0.478. The maximum Gasteiger partial charge on any atom is 0.312 e. The van der Waals surface area contributed by atoms with Gasteiger partial charge >= 0.3 is 11.8 Å². The highest BCUT2D eigenvalue weighted by Gasteiger charge is 2.33. The zero-order chi connectivity index (χ0) is 22.5. The second-order valence-electron chi connectivity index (χ2n) is 8.10. The van der Waals surface area contributed by atoms with Crippen molar-refractivity contribution in [2.75, 3.05) is 57.4 Å². The molecule has 0 spiro atoms. The van der Waals surface area contributed by atoms with Gasteiger partial charge in [-0.05, 0) is 30.5 Å². The summed E-state index contributed by atoms with van der Waals surface area (Å²) < 4.78 is 19.5. The quantitative estimate of drug-likeness (QED) is 0.693. The molecule has 2 atom stereocenters. The molecule has 9 heteroatoms. The number of para-hydroxylation sites is 1. The topological polar surface area (TPSA) is 65.1 Å². The molecule has 1 N–H and O–H groups in total. The minimum atomic E-state index is -0.578. The molecule has 2 saturated heterocycles. The van der Waals surface area contributed by atoms with Crippen molar-refractivity contribution in [2.45, 2.75) is 19.0 Å². The van der Waals surface area contributed by atoms with Crippen molar-refractivity contribution in [2.24, 2.45) is 0 Å². The largest absolute Gasteiger partial charge is 0.378 e. The standard InChI is InChI=1S/C23H29FN4O3S/c1-17(25-22(29)23(30)28-12-14-31-15-13-28)21(20-7-4-16-32-20)27-10-8-26(9-11-27)19-6-3-2-5-18(19)24/h2-7,16-17,21H,8-15H2,1H3,(H,25,29)/t17-,21+/m1/s1. The number of morpholine rings is 1. The van der Waals surface area contributed by atoms with E-state index in [1.807, 2.05) is 30.5 Å². The molecule has 172 valence electrons. The SMILES string of the molecule is C[C@@H](NC(=O)C(=O)N1CCOCC1)[C@@H](c1cccs1)N1CCN(c2ccccc2F)CC1. The monoisotopic (exact) mass is 460 g/mol. The Morgan fingerprint density at radius 1 is 1.03 bits per heavy atom. The molecule has 0 aliphatic carbocycles. The minimum absolute atomic E-state index is 0.0563. The van der Waals surface area contributed by atoms with Crippen LogP contribution in [0.2, 0.25) is 0 Å². The molecule has 0 unspecified atom stereocenters. The van der Waals surface area contributed by atoms with Gasteiger partial charge < -0.3 is 19.9 Å². The molecule has 2 aromatic rings. The van der Waals surface area contributed by atoms with E-state index in [0.29, 0.717) is 45.1 Å². The van der Waals surface area contributed by atoms with Crippen LogP contribution in [0.5, 0.6) is 0 Å². The Bertz CT molecular complexity index is 912. The maximum atomic E-state index is 14.2. The first kappa shape index (κ1) is 22.7. The number of thiophene rings is 1. The highest BCUT2D eigenvalue weighted by molar-refractivity contribution is 7.10. The van der Waals surface area contributed by atoms with Gasteiger partial charge in [-0.25, -0.2) is 4.39 Å². The molecular weight excluding hydrogens is 431 g/mol. The summed E-state index contributed by atoms with van der Waals surface area (Å²) >= 11 is 1.64. The van der Waals surface area contributed by atoms with Gasteiger partial charge in [0.05, 0.1) is 24.9 Å². The number of anilines is 1. The minimum Gasteiger partial charge on any atom is -0.378 e. The normalized spacial score (nSPS) is 19.4. The maximum absolute atomic E-state index is 14.2. The lowest BCUT2D eigenvalue weighted by Crippen LogP contribution is -2.55. The fourth-order valence-electron chi connectivity index (χ4n) is 4.41. The van der Waals surface area contributed by atoms with E-state index >= 15 is 0 Å². The van der Waals surface area contributed by atoms with Crippen molar-refractivity contribution in [3.05, 3.63) is 52.5 Å². The van der Waals surface area contributed by atoms with Crippen LogP contribution in [0.4, 0.5) is 10.1 Å². The van der Waals surface area contributed by atoms with Crippen LogP contribution in [0.3, 0.4) is 0 Å². The summed E-state index contributed by atoms with van der Waals surface area (Å²) in [6, 6.07) is 10.6. The van der Waals surface area contributed by atoms with E-state index in [2.05, 4.69) is 21.2 Å². The van der Waals surface area contributed by atoms with Crippen molar-refractivity contribution < 1.29 is 18.7 Å². The number of benzene rings is 1. The van der Waals surface area contributed by atoms with E-state index in [0.717, 1.165) is 18.0 Å². The number of carbonyl (C=O) groups excluding carboxylic acids is 2. The van der Waals surface area contributed by atoms with Gasteiger partial charge in [0.15, 0.2) is 0 Å². The van der Waals surface area contributed by atoms with E-state index in [1.54, 1.807) is 22.3 Å². The Balaban J connectivity index is 1.42. The molecule has 32 heavy (non-hydrogen) atoms. The van der Waals surface area contributed by atoms with E-state index in [-0.39, 0.29) is 17.9 Å². The van der Waals surface area contributed by atoms with Crippen molar-refractivity contribution in [1.29, 1.82) is 0 Å². The summed E-state index contributed by atoms with van der Waals surface area (Å²) in [5.41, 5.74) is 0.622. The molecule has 0 bridgehead atoms.